The number of sulfonamides is 1. The topological polar surface area (TPSA) is 75.7 Å². The maximum atomic E-state index is 14.0. The van der Waals surface area contributed by atoms with Crippen LogP contribution in [0.15, 0.2) is 77.7 Å². The maximum absolute atomic E-state index is 14.0. The molecule has 3 rings (SSSR count). The van der Waals surface area contributed by atoms with Crippen LogP contribution in [0.3, 0.4) is 0 Å². The van der Waals surface area contributed by atoms with Crippen molar-refractivity contribution in [3.05, 3.63) is 89.7 Å². The fourth-order valence-electron chi connectivity index (χ4n) is 2.92. The standard InChI is InChI=1S/C22H21FN2O4S/c1-25(20-12-5-4-11-19(20)23)30(27,28)18-10-7-9-16(14-18)22(26)24-15-17-8-3-6-13-21(17)29-2/h3-14H,15H2,1-2H3,(H,24,26). The van der Waals surface area contributed by atoms with Crippen molar-refractivity contribution in [1.82, 2.24) is 5.32 Å². The zero-order valence-electron chi connectivity index (χ0n) is 16.5. The highest BCUT2D eigenvalue weighted by Crippen LogP contribution is 2.25. The molecule has 0 aliphatic heterocycles. The van der Waals surface area contributed by atoms with Gasteiger partial charge >= 0.3 is 0 Å². The highest BCUT2D eigenvalue weighted by Gasteiger charge is 2.24. The monoisotopic (exact) mass is 428 g/mol. The number of anilines is 1. The van der Waals surface area contributed by atoms with Crippen LogP contribution in [0.2, 0.25) is 0 Å². The van der Waals surface area contributed by atoms with Crippen molar-refractivity contribution in [1.29, 1.82) is 0 Å². The minimum atomic E-state index is -4.05. The average Bonchev–Trinajstić information content (AvgIpc) is 2.77. The number of nitrogens with one attached hydrogen (secondary N) is 1. The number of para-hydroxylation sites is 2. The van der Waals surface area contributed by atoms with E-state index >= 15 is 0 Å². The second kappa shape index (κ2) is 8.96. The van der Waals surface area contributed by atoms with E-state index in [1.807, 2.05) is 18.2 Å². The van der Waals surface area contributed by atoms with Gasteiger partial charge in [-0.15, -0.1) is 0 Å². The molecule has 0 bridgehead atoms. The molecule has 0 heterocycles. The van der Waals surface area contributed by atoms with Crippen molar-refractivity contribution >= 4 is 21.6 Å². The molecule has 0 radical (unpaired) electrons. The van der Waals surface area contributed by atoms with E-state index in [0.29, 0.717) is 5.75 Å². The lowest BCUT2D eigenvalue weighted by Crippen LogP contribution is -2.28. The Morgan fingerprint density at radius 3 is 2.47 bits per heavy atom. The summed E-state index contributed by atoms with van der Waals surface area (Å²) < 4.78 is 46.0. The summed E-state index contributed by atoms with van der Waals surface area (Å²) in [5.41, 5.74) is 0.882. The van der Waals surface area contributed by atoms with E-state index in [9.17, 15) is 17.6 Å². The molecule has 30 heavy (non-hydrogen) atoms. The molecule has 8 heteroatoms. The number of ether oxygens (including phenoxy) is 1. The number of carbonyl (C=O) groups is 1. The summed E-state index contributed by atoms with van der Waals surface area (Å²) in [6.07, 6.45) is 0. The third-order valence-electron chi connectivity index (χ3n) is 4.58. The summed E-state index contributed by atoms with van der Waals surface area (Å²) in [5, 5.41) is 2.75. The minimum absolute atomic E-state index is 0.0801. The first-order valence-electron chi connectivity index (χ1n) is 9.08. The van der Waals surface area contributed by atoms with Crippen LogP contribution >= 0.6 is 0 Å². The van der Waals surface area contributed by atoms with Gasteiger partial charge in [-0.3, -0.25) is 9.10 Å². The summed E-state index contributed by atoms with van der Waals surface area (Å²) >= 11 is 0. The molecule has 0 fully saturated rings. The molecule has 0 spiro atoms. The smallest absolute Gasteiger partial charge is 0.264 e. The van der Waals surface area contributed by atoms with Gasteiger partial charge in [-0.25, -0.2) is 12.8 Å². The van der Waals surface area contributed by atoms with Crippen LogP contribution in [0.1, 0.15) is 15.9 Å². The quantitative estimate of drug-likeness (QED) is 0.624. The second-order valence-corrected chi connectivity index (χ2v) is 8.42. The summed E-state index contributed by atoms with van der Waals surface area (Å²) in [4.78, 5) is 12.5. The number of hydrogen-bond acceptors (Lipinski definition) is 4. The summed E-state index contributed by atoms with van der Waals surface area (Å²) in [5.74, 6) is -0.457. The third kappa shape index (κ3) is 4.44. The Kier molecular flexibility index (Phi) is 6.37. The van der Waals surface area contributed by atoms with Crippen molar-refractivity contribution in [2.45, 2.75) is 11.4 Å². The van der Waals surface area contributed by atoms with Crippen molar-refractivity contribution in [3.8, 4) is 5.75 Å². The molecule has 1 amide bonds. The molecule has 3 aromatic carbocycles. The number of carbonyl (C=O) groups excluding carboxylic acids is 1. The lowest BCUT2D eigenvalue weighted by molar-refractivity contribution is 0.0950. The highest BCUT2D eigenvalue weighted by atomic mass is 32.2. The Hall–Kier alpha value is -3.39. The van der Waals surface area contributed by atoms with Gasteiger partial charge < -0.3 is 10.1 Å². The van der Waals surface area contributed by atoms with E-state index in [2.05, 4.69) is 5.32 Å². The Labute approximate surface area is 175 Å². The van der Waals surface area contributed by atoms with Gasteiger partial charge in [-0.2, -0.15) is 0 Å². The predicted octanol–water partition coefficient (Wildman–Crippen LogP) is 3.59. The molecule has 0 saturated heterocycles. The van der Waals surface area contributed by atoms with E-state index in [0.717, 1.165) is 9.87 Å². The van der Waals surface area contributed by atoms with Crippen LogP contribution in [0.4, 0.5) is 10.1 Å². The van der Waals surface area contributed by atoms with Crippen molar-refractivity contribution < 1.29 is 22.3 Å². The van der Waals surface area contributed by atoms with Gasteiger partial charge in [0.15, 0.2) is 0 Å². The molecule has 3 aromatic rings. The molecule has 0 aliphatic rings. The second-order valence-electron chi connectivity index (χ2n) is 6.45. The first-order valence-corrected chi connectivity index (χ1v) is 10.5. The lowest BCUT2D eigenvalue weighted by atomic mass is 10.2. The van der Waals surface area contributed by atoms with Gasteiger partial charge in [0.05, 0.1) is 17.7 Å². The van der Waals surface area contributed by atoms with Crippen molar-refractivity contribution in [3.63, 3.8) is 0 Å². The van der Waals surface area contributed by atoms with Crippen LogP contribution in [0.25, 0.3) is 0 Å². The molecule has 1 N–H and O–H groups in total. The summed E-state index contributed by atoms with van der Waals surface area (Å²) in [6, 6.07) is 18.5. The fourth-order valence-corrected chi connectivity index (χ4v) is 4.17. The van der Waals surface area contributed by atoms with Gasteiger partial charge in [0.1, 0.15) is 11.6 Å². The molecule has 0 unspecified atom stereocenters. The first-order chi connectivity index (χ1) is 14.3. The van der Waals surface area contributed by atoms with E-state index in [-0.39, 0.29) is 22.7 Å². The molecule has 156 valence electrons. The normalized spacial score (nSPS) is 11.0. The van der Waals surface area contributed by atoms with Gasteiger partial charge in [-0.05, 0) is 36.4 Å². The first kappa shape index (κ1) is 21.3. The van der Waals surface area contributed by atoms with Crippen LogP contribution in [-0.4, -0.2) is 28.5 Å². The van der Waals surface area contributed by atoms with Crippen LogP contribution in [-0.2, 0) is 16.6 Å². The van der Waals surface area contributed by atoms with Crippen LogP contribution in [0, 0.1) is 5.82 Å². The molecule has 0 saturated carbocycles. The number of hydrogen-bond donors (Lipinski definition) is 1. The zero-order chi connectivity index (χ0) is 21.7. The number of nitrogens with zero attached hydrogens (tertiary/aromatic N) is 1. The molecule has 6 nitrogen and oxygen atoms in total. The zero-order valence-corrected chi connectivity index (χ0v) is 17.3. The van der Waals surface area contributed by atoms with Crippen molar-refractivity contribution in [2.24, 2.45) is 0 Å². The highest BCUT2D eigenvalue weighted by molar-refractivity contribution is 7.92. The average molecular weight is 428 g/mol. The molecular formula is C22H21FN2O4S. The Balaban J connectivity index is 1.81. The van der Waals surface area contributed by atoms with Crippen LogP contribution in [0.5, 0.6) is 5.75 Å². The SMILES string of the molecule is COc1ccccc1CNC(=O)c1cccc(S(=O)(=O)N(C)c2ccccc2F)c1. The van der Waals surface area contributed by atoms with Gasteiger partial charge in [-0.1, -0.05) is 36.4 Å². The summed E-state index contributed by atoms with van der Waals surface area (Å²) in [7, 11) is -1.25. The predicted molar refractivity (Wildman–Crippen MR) is 113 cm³/mol. The maximum Gasteiger partial charge on any atom is 0.264 e. The molecule has 0 atom stereocenters. The van der Waals surface area contributed by atoms with Crippen molar-refractivity contribution in [2.75, 3.05) is 18.5 Å². The molecule has 0 aliphatic carbocycles. The number of rotatable bonds is 7. The number of benzene rings is 3. The number of methoxy groups -OCH3 is 1. The Morgan fingerprint density at radius 2 is 1.73 bits per heavy atom. The third-order valence-corrected chi connectivity index (χ3v) is 6.35. The van der Waals surface area contributed by atoms with Crippen LogP contribution < -0.4 is 14.4 Å². The van der Waals surface area contributed by atoms with Gasteiger partial charge in [0, 0.05) is 24.7 Å². The van der Waals surface area contributed by atoms with E-state index in [1.165, 1.54) is 49.5 Å². The van der Waals surface area contributed by atoms with E-state index in [4.69, 9.17) is 4.74 Å². The number of halogens is 1. The van der Waals surface area contributed by atoms with E-state index < -0.39 is 21.7 Å². The molecular weight excluding hydrogens is 407 g/mol. The largest absolute Gasteiger partial charge is 0.496 e. The molecule has 0 aromatic heterocycles. The van der Waals surface area contributed by atoms with Gasteiger partial charge in [0.2, 0.25) is 0 Å². The summed E-state index contributed by atoms with van der Waals surface area (Å²) in [6.45, 7) is 0.217. The Morgan fingerprint density at radius 1 is 1.03 bits per heavy atom. The number of amides is 1. The Bertz CT molecular complexity index is 1170. The fraction of sp³-hybridized carbons (Fsp3) is 0.136. The van der Waals surface area contributed by atoms with Gasteiger partial charge in [0.25, 0.3) is 15.9 Å². The lowest BCUT2D eigenvalue weighted by Gasteiger charge is -2.20. The van der Waals surface area contributed by atoms with E-state index in [1.54, 1.807) is 19.2 Å². The minimum Gasteiger partial charge on any atom is -0.496 e.